The molecule has 0 saturated carbocycles. The number of nitrogens with one attached hydrogen (secondary N) is 3. The van der Waals surface area contributed by atoms with Gasteiger partial charge in [-0.05, 0) is 19.5 Å². The second-order valence-corrected chi connectivity index (χ2v) is 3.53. The molecule has 5 N–H and O–H groups in total. The fourth-order valence-corrected chi connectivity index (χ4v) is 1.10. The zero-order valence-electron chi connectivity index (χ0n) is 10.0. The van der Waals surface area contributed by atoms with E-state index < -0.39 is 12.1 Å². The van der Waals surface area contributed by atoms with Crippen LogP contribution in [0.25, 0.3) is 0 Å². The summed E-state index contributed by atoms with van der Waals surface area (Å²) in [6, 6.07) is -0.348. The fraction of sp³-hybridized carbons (Fsp3) is 0.800. The Kier molecular flexibility index (Phi) is 9.08. The van der Waals surface area contributed by atoms with Crippen molar-refractivity contribution in [3.05, 3.63) is 0 Å². The highest BCUT2D eigenvalue weighted by Crippen LogP contribution is 1.88. The fourth-order valence-electron chi connectivity index (χ4n) is 1.10. The lowest BCUT2D eigenvalue weighted by atomic mass is 10.2. The van der Waals surface area contributed by atoms with Gasteiger partial charge in [-0.15, -0.1) is 0 Å². The first-order valence-electron chi connectivity index (χ1n) is 5.71. The van der Waals surface area contributed by atoms with Crippen LogP contribution in [0.4, 0.5) is 4.79 Å². The summed E-state index contributed by atoms with van der Waals surface area (Å²) < 4.78 is 0. The maximum atomic E-state index is 11.2. The average molecular weight is 247 g/mol. The zero-order chi connectivity index (χ0) is 13.1. The Morgan fingerprint density at radius 1 is 1.18 bits per heavy atom. The van der Waals surface area contributed by atoms with Crippen LogP contribution in [0.3, 0.4) is 0 Å². The summed E-state index contributed by atoms with van der Waals surface area (Å²) >= 11 is 0. The molecule has 0 saturated heterocycles. The Bertz CT molecular complexity index is 236. The van der Waals surface area contributed by atoms with Gasteiger partial charge in [0.15, 0.2) is 6.10 Å². The van der Waals surface area contributed by atoms with E-state index >= 15 is 0 Å². The first-order chi connectivity index (χ1) is 8.07. The predicted molar refractivity (Wildman–Crippen MR) is 62.8 cm³/mol. The summed E-state index contributed by atoms with van der Waals surface area (Å²) in [6.45, 7) is 4.44. The highest BCUT2D eigenvalue weighted by atomic mass is 16.4. The van der Waals surface area contributed by atoms with Crippen molar-refractivity contribution in [2.45, 2.75) is 25.9 Å². The summed E-state index contributed by atoms with van der Waals surface area (Å²) in [5.41, 5.74) is 0. The normalized spacial score (nSPS) is 11.9. The molecule has 0 aliphatic carbocycles. The van der Waals surface area contributed by atoms with Crippen molar-refractivity contribution in [3.63, 3.8) is 0 Å². The van der Waals surface area contributed by atoms with Gasteiger partial charge in [-0.25, -0.2) is 9.59 Å². The maximum Gasteiger partial charge on any atom is 0.332 e. The Hall–Kier alpha value is -1.34. The van der Waals surface area contributed by atoms with Crippen LogP contribution >= 0.6 is 0 Å². The van der Waals surface area contributed by atoms with Crippen LogP contribution in [-0.2, 0) is 4.79 Å². The van der Waals surface area contributed by atoms with Gasteiger partial charge in [0.1, 0.15) is 0 Å². The predicted octanol–water partition coefficient (Wildman–Crippen LogP) is -0.879. The minimum absolute atomic E-state index is 0.000142. The first kappa shape index (κ1) is 15.7. The standard InChI is InChI=1S/C10H21N3O4/c1-2-11-5-3-6-12-10(17)13-7-4-8(14)9(15)16/h8,11,14H,2-7H2,1H3,(H,15,16)(H2,12,13,17)/t8-/m0/s1. The molecule has 0 aromatic carbocycles. The van der Waals surface area contributed by atoms with E-state index in [2.05, 4.69) is 16.0 Å². The molecule has 0 spiro atoms. The van der Waals surface area contributed by atoms with Gasteiger partial charge in [0, 0.05) is 19.5 Å². The van der Waals surface area contributed by atoms with E-state index in [1.54, 1.807) is 0 Å². The number of carbonyl (C=O) groups excluding carboxylic acids is 1. The summed E-state index contributed by atoms with van der Waals surface area (Å²) in [4.78, 5) is 21.4. The molecule has 100 valence electrons. The topological polar surface area (TPSA) is 111 Å². The van der Waals surface area contributed by atoms with Gasteiger partial charge < -0.3 is 26.2 Å². The number of carboxylic acids is 1. The summed E-state index contributed by atoms with van der Waals surface area (Å²) in [5, 5.41) is 25.5. The van der Waals surface area contributed by atoms with Crippen LogP contribution in [0.1, 0.15) is 19.8 Å². The minimum atomic E-state index is -1.43. The second-order valence-electron chi connectivity index (χ2n) is 3.53. The van der Waals surface area contributed by atoms with Crippen molar-refractivity contribution in [1.29, 1.82) is 0 Å². The SMILES string of the molecule is CCNCCCNC(=O)NCC[C@H](O)C(=O)O. The molecular formula is C10H21N3O4. The number of carbonyl (C=O) groups is 2. The molecule has 0 aliphatic rings. The number of hydrogen-bond acceptors (Lipinski definition) is 4. The Balaban J connectivity index is 3.38. The lowest BCUT2D eigenvalue weighted by Gasteiger charge is -2.09. The van der Waals surface area contributed by atoms with Crippen molar-refractivity contribution in [1.82, 2.24) is 16.0 Å². The lowest BCUT2D eigenvalue weighted by Crippen LogP contribution is -2.38. The van der Waals surface area contributed by atoms with E-state index in [9.17, 15) is 9.59 Å². The molecule has 0 rings (SSSR count). The third-order valence-corrected chi connectivity index (χ3v) is 2.05. The van der Waals surface area contributed by atoms with Crippen LogP contribution in [0, 0.1) is 0 Å². The molecule has 0 aliphatic heterocycles. The quantitative estimate of drug-likeness (QED) is 0.340. The molecule has 7 nitrogen and oxygen atoms in total. The van der Waals surface area contributed by atoms with E-state index in [4.69, 9.17) is 10.2 Å². The van der Waals surface area contributed by atoms with Crippen LogP contribution in [0.5, 0.6) is 0 Å². The number of hydrogen-bond donors (Lipinski definition) is 5. The van der Waals surface area contributed by atoms with Crippen LogP contribution in [-0.4, -0.2) is 54.5 Å². The molecule has 17 heavy (non-hydrogen) atoms. The van der Waals surface area contributed by atoms with Gasteiger partial charge in [-0.1, -0.05) is 6.92 Å². The van der Waals surface area contributed by atoms with Crippen molar-refractivity contribution in [2.24, 2.45) is 0 Å². The molecule has 7 heteroatoms. The lowest BCUT2D eigenvalue weighted by molar-refractivity contribution is -0.146. The molecule has 0 heterocycles. The summed E-state index contributed by atoms with van der Waals surface area (Å²) in [7, 11) is 0. The van der Waals surface area contributed by atoms with Crippen molar-refractivity contribution in [3.8, 4) is 0 Å². The number of carboxylic acid groups (broad SMARTS) is 1. The smallest absolute Gasteiger partial charge is 0.332 e. The summed E-state index contributed by atoms with van der Waals surface area (Å²) in [5.74, 6) is -1.28. The van der Waals surface area contributed by atoms with E-state index in [-0.39, 0.29) is 19.0 Å². The van der Waals surface area contributed by atoms with Crippen LogP contribution in [0.15, 0.2) is 0 Å². The second kappa shape index (κ2) is 9.86. The van der Waals surface area contributed by atoms with Crippen molar-refractivity contribution < 1.29 is 19.8 Å². The van der Waals surface area contributed by atoms with Gasteiger partial charge in [0.05, 0.1) is 0 Å². The highest BCUT2D eigenvalue weighted by Gasteiger charge is 2.12. The molecule has 0 radical (unpaired) electrons. The molecule has 0 unspecified atom stereocenters. The number of aliphatic hydroxyl groups excluding tert-OH is 1. The molecule has 0 aromatic heterocycles. The number of urea groups is 1. The van der Waals surface area contributed by atoms with Gasteiger partial charge in [0.25, 0.3) is 0 Å². The van der Waals surface area contributed by atoms with Crippen molar-refractivity contribution >= 4 is 12.0 Å². The molecule has 0 bridgehead atoms. The van der Waals surface area contributed by atoms with Crippen molar-refractivity contribution in [2.75, 3.05) is 26.2 Å². The molecule has 1 atom stereocenters. The van der Waals surface area contributed by atoms with E-state index in [0.29, 0.717) is 6.54 Å². The number of amides is 2. The maximum absolute atomic E-state index is 11.2. The third-order valence-electron chi connectivity index (χ3n) is 2.05. The minimum Gasteiger partial charge on any atom is -0.479 e. The van der Waals surface area contributed by atoms with Gasteiger partial charge in [-0.2, -0.15) is 0 Å². The molecular weight excluding hydrogens is 226 g/mol. The number of aliphatic hydroxyl groups is 1. The Labute approximate surface area is 101 Å². The Morgan fingerprint density at radius 2 is 1.82 bits per heavy atom. The molecule has 0 aromatic rings. The monoisotopic (exact) mass is 247 g/mol. The number of rotatable bonds is 9. The average Bonchev–Trinajstić information content (AvgIpc) is 2.28. The number of aliphatic carboxylic acids is 1. The Morgan fingerprint density at radius 3 is 2.41 bits per heavy atom. The van der Waals surface area contributed by atoms with Crippen LogP contribution in [0.2, 0.25) is 0 Å². The largest absolute Gasteiger partial charge is 0.479 e. The summed E-state index contributed by atoms with van der Waals surface area (Å²) in [6.07, 6.45) is -0.594. The van der Waals surface area contributed by atoms with Gasteiger partial charge in [-0.3, -0.25) is 0 Å². The third kappa shape index (κ3) is 9.58. The highest BCUT2D eigenvalue weighted by molar-refractivity contribution is 5.74. The van der Waals surface area contributed by atoms with E-state index in [0.717, 1.165) is 19.5 Å². The van der Waals surface area contributed by atoms with Gasteiger partial charge >= 0.3 is 12.0 Å². The first-order valence-corrected chi connectivity index (χ1v) is 5.71. The van der Waals surface area contributed by atoms with E-state index in [1.807, 2.05) is 6.92 Å². The molecule has 2 amide bonds. The van der Waals surface area contributed by atoms with Gasteiger partial charge in [0.2, 0.25) is 0 Å². The zero-order valence-corrected chi connectivity index (χ0v) is 10.0. The molecule has 0 fully saturated rings. The van der Waals surface area contributed by atoms with Crippen LogP contribution < -0.4 is 16.0 Å². The van der Waals surface area contributed by atoms with E-state index in [1.165, 1.54) is 0 Å².